The van der Waals surface area contributed by atoms with Crippen molar-refractivity contribution in [1.29, 1.82) is 0 Å². The van der Waals surface area contributed by atoms with E-state index in [1.54, 1.807) is 0 Å². The summed E-state index contributed by atoms with van der Waals surface area (Å²) >= 11 is 0. The first-order valence-corrected chi connectivity index (χ1v) is 5.85. The highest BCUT2D eigenvalue weighted by molar-refractivity contribution is 5.53. The molecule has 0 saturated heterocycles. The van der Waals surface area contributed by atoms with E-state index in [4.69, 9.17) is 5.73 Å². The standard InChI is InChI=1S/C12H5F6N3O3/c13-4-3-6(9(14)10(15)8(4)12(16,17)18)24-7-2-1-5(21(22)23)11(19)20-7/h1-3H,(H2,19,20). The van der Waals surface area contributed by atoms with Crippen LogP contribution >= 0.6 is 0 Å². The van der Waals surface area contributed by atoms with Gasteiger partial charge >= 0.3 is 11.9 Å². The summed E-state index contributed by atoms with van der Waals surface area (Å²) in [6.07, 6.45) is -5.45. The fraction of sp³-hybridized carbons (Fsp3) is 0.0833. The predicted molar refractivity (Wildman–Crippen MR) is 66.7 cm³/mol. The predicted octanol–water partition coefficient (Wildman–Crippen LogP) is 3.80. The molecule has 24 heavy (non-hydrogen) atoms. The molecule has 2 aromatic rings. The zero-order valence-corrected chi connectivity index (χ0v) is 11.2. The third-order valence-electron chi connectivity index (χ3n) is 2.70. The molecule has 0 aliphatic heterocycles. The second-order valence-corrected chi connectivity index (χ2v) is 4.27. The van der Waals surface area contributed by atoms with Gasteiger partial charge in [0, 0.05) is 18.2 Å². The number of nitrogens with zero attached hydrogens (tertiary/aromatic N) is 2. The molecule has 0 bridgehead atoms. The highest BCUT2D eigenvalue weighted by Crippen LogP contribution is 2.38. The Morgan fingerprint density at radius 1 is 1.17 bits per heavy atom. The van der Waals surface area contributed by atoms with E-state index in [0.29, 0.717) is 0 Å². The van der Waals surface area contributed by atoms with Crippen LogP contribution in [0.25, 0.3) is 0 Å². The summed E-state index contributed by atoms with van der Waals surface area (Å²) < 4.78 is 82.4. The SMILES string of the molecule is Nc1nc(Oc2cc(F)c(C(F)(F)F)c(F)c2F)ccc1[N+](=O)[O-]. The molecule has 1 heterocycles. The van der Waals surface area contributed by atoms with Crippen molar-refractivity contribution in [3.05, 3.63) is 51.3 Å². The lowest BCUT2D eigenvalue weighted by Crippen LogP contribution is -2.13. The summed E-state index contributed by atoms with van der Waals surface area (Å²) in [5.74, 6) is -9.21. The van der Waals surface area contributed by atoms with Crippen molar-refractivity contribution >= 4 is 11.5 Å². The summed E-state index contributed by atoms with van der Waals surface area (Å²) in [6.45, 7) is 0. The number of hydrogen-bond acceptors (Lipinski definition) is 5. The smallest absolute Gasteiger partial charge is 0.422 e. The fourth-order valence-electron chi connectivity index (χ4n) is 1.68. The molecule has 1 aromatic heterocycles. The fourth-order valence-corrected chi connectivity index (χ4v) is 1.68. The molecule has 2 N–H and O–H groups in total. The Labute approximate surface area is 128 Å². The molecule has 0 aliphatic carbocycles. The van der Waals surface area contributed by atoms with E-state index >= 15 is 0 Å². The average Bonchev–Trinajstić information content (AvgIpc) is 2.42. The van der Waals surface area contributed by atoms with Gasteiger partial charge < -0.3 is 10.5 Å². The first-order valence-electron chi connectivity index (χ1n) is 5.85. The second kappa shape index (κ2) is 5.86. The summed E-state index contributed by atoms with van der Waals surface area (Å²) in [5.41, 5.74) is 2.20. The molecule has 0 saturated carbocycles. The Morgan fingerprint density at radius 3 is 2.29 bits per heavy atom. The van der Waals surface area contributed by atoms with Gasteiger partial charge in [-0.2, -0.15) is 22.5 Å². The molecule has 0 spiro atoms. The van der Waals surface area contributed by atoms with Crippen LogP contribution in [0.3, 0.4) is 0 Å². The van der Waals surface area contributed by atoms with Crippen molar-refractivity contribution in [2.75, 3.05) is 5.73 Å². The van der Waals surface area contributed by atoms with Crippen molar-refractivity contribution in [3.63, 3.8) is 0 Å². The number of halogens is 6. The highest BCUT2D eigenvalue weighted by atomic mass is 19.4. The van der Waals surface area contributed by atoms with Gasteiger partial charge in [0.2, 0.25) is 17.5 Å². The van der Waals surface area contributed by atoms with Gasteiger partial charge in [-0.1, -0.05) is 0 Å². The minimum absolute atomic E-state index is 0.0273. The normalized spacial score (nSPS) is 11.4. The quantitative estimate of drug-likeness (QED) is 0.392. The van der Waals surface area contributed by atoms with E-state index in [-0.39, 0.29) is 6.07 Å². The largest absolute Gasteiger partial charge is 0.436 e. The number of benzene rings is 1. The monoisotopic (exact) mass is 353 g/mol. The van der Waals surface area contributed by atoms with Crippen LogP contribution in [0.2, 0.25) is 0 Å². The molecule has 0 fully saturated rings. The van der Waals surface area contributed by atoms with Crippen molar-refractivity contribution in [2.24, 2.45) is 0 Å². The zero-order valence-electron chi connectivity index (χ0n) is 11.2. The van der Waals surface area contributed by atoms with E-state index in [2.05, 4.69) is 9.72 Å². The number of rotatable bonds is 3. The van der Waals surface area contributed by atoms with Gasteiger partial charge in [0.05, 0.1) is 4.92 Å². The number of alkyl halides is 3. The van der Waals surface area contributed by atoms with Crippen LogP contribution in [0.1, 0.15) is 5.56 Å². The van der Waals surface area contributed by atoms with Gasteiger partial charge in [-0.3, -0.25) is 10.1 Å². The maximum absolute atomic E-state index is 13.6. The number of anilines is 1. The Kier molecular flexibility index (Phi) is 4.23. The molecular formula is C12H5F6N3O3. The molecule has 6 nitrogen and oxygen atoms in total. The number of ether oxygens (including phenoxy) is 1. The molecule has 12 heteroatoms. The van der Waals surface area contributed by atoms with Crippen LogP contribution in [-0.2, 0) is 6.18 Å². The van der Waals surface area contributed by atoms with Crippen molar-refractivity contribution in [1.82, 2.24) is 4.98 Å². The van der Waals surface area contributed by atoms with E-state index in [0.717, 1.165) is 12.1 Å². The van der Waals surface area contributed by atoms with Crippen LogP contribution in [-0.4, -0.2) is 9.91 Å². The first kappa shape index (κ1) is 17.3. The third-order valence-corrected chi connectivity index (χ3v) is 2.70. The van der Waals surface area contributed by atoms with Gasteiger partial charge in [-0.25, -0.2) is 8.78 Å². The molecule has 2 rings (SSSR count). The van der Waals surface area contributed by atoms with Crippen LogP contribution in [0, 0.1) is 27.6 Å². The Bertz CT molecular complexity index is 825. The minimum Gasteiger partial charge on any atom is -0.436 e. The highest BCUT2D eigenvalue weighted by Gasteiger charge is 2.40. The Balaban J connectivity index is 2.45. The third kappa shape index (κ3) is 3.16. The molecular weight excluding hydrogens is 348 g/mol. The van der Waals surface area contributed by atoms with Gasteiger partial charge in [0.25, 0.3) is 0 Å². The molecule has 0 amide bonds. The van der Waals surface area contributed by atoms with Crippen molar-refractivity contribution in [2.45, 2.75) is 6.18 Å². The lowest BCUT2D eigenvalue weighted by molar-refractivity contribution is -0.384. The molecule has 0 unspecified atom stereocenters. The number of nitrogens with two attached hydrogens (primary N) is 1. The van der Waals surface area contributed by atoms with E-state index in [1.165, 1.54) is 0 Å². The minimum atomic E-state index is -5.45. The van der Waals surface area contributed by atoms with Crippen molar-refractivity contribution in [3.8, 4) is 11.6 Å². The lowest BCUT2D eigenvalue weighted by Gasteiger charge is -2.12. The van der Waals surface area contributed by atoms with Crippen LogP contribution in [0.5, 0.6) is 11.6 Å². The van der Waals surface area contributed by atoms with Gasteiger partial charge in [0.1, 0.15) is 11.4 Å². The lowest BCUT2D eigenvalue weighted by atomic mass is 10.1. The summed E-state index contributed by atoms with van der Waals surface area (Å²) in [7, 11) is 0. The summed E-state index contributed by atoms with van der Waals surface area (Å²) in [6, 6.07) is 1.61. The number of nitro groups is 1. The molecule has 128 valence electrons. The molecule has 1 aromatic carbocycles. The van der Waals surface area contributed by atoms with Crippen molar-refractivity contribution < 1.29 is 36.0 Å². The maximum atomic E-state index is 13.6. The Hall–Kier alpha value is -3.05. The number of pyridine rings is 1. The van der Waals surface area contributed by atoms with Gasteiger partial charge in [-0.15, -0.1) is 0 Å². The van der Waals surface area contributed by atoms with E-state index < -0.39 is 57.2 Å². The maximum Gasteiger partial charge on any atom is 0.422 e. The van der Waals surface area contributed by atoms with Crippen LogP contribution in [0.4, 0.5) is 37.8 Å². The van der Waals surface area contributed by atoms with Crippen LogP contribution in [0.15, 0.2) is 18.2 Å². The van der Waals surface area contributed by atoms with Gasteiger partial charge in [-0.05, 0) is 0 Å². The first-order chi connectivity index (χ1) is 11.0. The summed E-state index contributed by atoms with van der Waals surface area (Å²) in [4.78, 5) is 13.0. The molecule has 0 radical (unpaired) electrons. The molecule has 0 aliphatic rings. The van der Waals surface area contributed by atoms with Crippen LogP contribution < -0.4 is 10.5 Å². The van der Waals surface area contributed by atoms with E-state index in [9.17, 15) is 36.5 Å². The Morgan fingerprint density at radius 2 is 1.79 bits per heavy atom. The molecule has 0 atom stereocenters. The number of aromatic nitrogens is 1. The summed E-state index contributed by atoms with van der Waals surface area (Å²) in [5, 5.41) is 10.5. The second-order valence-electron chi connectivity index (χ2n) is 4.27. The number of nitrogen functional groups attached to an aromatic ring is 1. The zero-order chi connectivity index (χ0) is 18.2. The topological polar surface area (TPSA) is 91.3 Å². The average molecular weight is 353 g/mol. The van der Waals surface area contributed by atoms with E-state index in [1.807, 2.05) is 0 Å². The number of hydrogen-bond donors (Lipinski definition) is 1. The van der Waals surface area contributed by atoms with Gasteiger partial charge in [0.15, 0.2) is 11.6 Å².